The highest BCUT2D eigenvalue weighted by molar-refractivity contribution is 5.88. The predicted octanol–water partition coefficient (Wildman–Crippen LogP) is 0.0186. The molecule has 1 unspecified atom stereocenters. The van der Waals surface area contributed by atoms with Crippen LogP contribution >= 0.6 is 0 Å². The summed E-state index contributed by atoms with van der Waals surface area (Å²) in [4.78, 5) is 11.4. The summed E-state index contributed by atoms with van der Waals surface area (Å²) in [5, 5.41) is 6.21. The van der Waals surface area contributed by atoms with Gasteiger partial charge in [0, 0.05) is 6.54 Å². The normalized spacial score (nSPS) is 37.6. The van der Waals surface area contributed by atoms with E-state index in [1.54, 1.807) is 0 Å². The lowest BCUT2D eigenvalue weighted by molar-refractivity contribution is -0.125. The second-order valence-electron chi connectivity index (χ2n) is 3.47. The fourth-order valence-electron chi connectivity index (χ4n) is 2.05. The van der Waals surface area contributed by atoms with Gasteiger partial charge in [0.05, 0.1) is 5.54 Å². The molecule has 2 heterocycles. The lowest BCUT2D eigenvalue weighted by atomic mass is 9.88. The summed E-state index contributed by atoms with van der Waals surface area (Å²) in [7, 11) is 0. The summed E-state index contributed by atoms with van der Waals surface area (Å²) < 4.78 is 0. The van der Waals surface area contributed by atoms with Crippen molar-refractivity contribution < 1.29 is 4.79 Å². The van der Waals surface area contributed by atoms with Crippen molar-refractivity contribution in [2.75, 3.05) is 13.1 Å². The molecule has 0 aromatic rings. The highest BCUT2D eigenvalue weighted by atomic mass is 16.2. The Labute approximate surface area is 66.5 Å². The zero-order valence-electron chi connectivity index (χ0n) is 6.65. The van der Waals surface area contributed by atoms with Crippen molar-refractivity contribution in [1.29, 1.82) is 0 Å². The van der Waals surface area contributed by atoms with E-state index < -0.39 is 0 Å². The molecule has 0 saturated carbocycles. The molecule has 62 valence electrons. The van der Waals surface area contributed by atoms with E-state index in [9.17, 15) is 4.79 Å². The van der Waals surface area contributed by atoms with Crippen molar-refractivity contribution in [2.24, 2.45) is 0 Å². The Kier molecular flexibility index (Phi) is 1.60. The number of rotatable bonds is 0. The second-order valence-corrected chi connectivity index (χ2v) is 3.47. The first-order chi connectivity index (χ1) is 5.33. The summed E-state index contributed by atoms with van der Waals surface area (Å²) in [6.45, 7) is 1.86. The molecular weight excluding hydrogens is 140 g/mol. The molecule has 2 saturated heterocycles. The Morgan fingerprint density at radius 2 is 2.09 bits per heavy atom. The maximum absolute atomic E-state index is 11.4. The van der Waals surface area contributed by atoms with Crippen LogP contribution in [-0.2, 0) is 4.79 Å². The van der Waals surface area contributed by atoms with Crippen LogP contribution in [0, 0.1) is 0 Å². The third-order valence-electron chi connectivity index (χ3n) is 2.77. The topological polar surface area (TPSA) is 41.1 Å². The lowest BCUT2D eigenvalue weighted by Gasteiger charge is -2.31. The van der Waals surface area contributed by atoms with Crippen LogP contribution in [0.15, 0.2) is 0 Å². The number of hydrogen-bond donors (Lipinski definition) is 2. The van der Waals surface area contributed by atoms with Crippen molar-refractivity contribution in [3.05, 3.63) is 0 Å². The Balaban J connectivity index is 2.12. The van der Waals surface area contributed by atoms with Crippen LogP contribution < -0.4 is 10.6 Å². The third-order valence-corrected chi connectivity index (χ3v) is 2.77. The van der Waals surface area contributed by atoms with Gasteiger partial charge in [0.1, 0.15) is 0 Å². The molecule has 2 rings (SSSR count). The molecule has 2 aliphatic rings. The predicted molar refractivity (Wildman–Crippen MR) is 42.2 cm³/mol. The van der Waals surface area contributed by atoms with E-state index in [4.69, 9.17) is 0 Å². The van der Waals surface area contributed by atoms with E-state index in [0.29, 0.717) is 0 Å². The van der Waals surface area contributed by atoms with Crippen LogP contribution in [0.4, 0.5) is 0 Å². The Hall–Kier alpha value is -0.570. The van der Waals surface area contributed by atoms with Crippen molar-refractivity contribution in [1.82, 2.24) is 10.6 Å². The van der Waals surface area contributed by atoms with Gasteiger partial charge >= 0.3 is 0 Å². The molecule has 0 aliphatic carbocycles. The van der Waals surface area contributed by atoms with Crippen LogP contribution in [0.2, 0.25) is 0 Å². The first kappa shape index (κ1) is 7.10. The maximum atomic E-state index is 11.4. The maximum Gasteiger partial charge on any atom is 0.240 e. The van der Waals surface area contributed by atoms with Gasteiger partial charge in [-0.3, -0.25) is 4.79 Å². The molecule has 0 bridgehead atoms. The summed E-state index contributed by atoms with van der Waals surface area (Å²) in [6, 6.07) is 0. The van der Waals surface area contributed by atoms with Crippen LogP contribution in [0.1, 0.15) is 25.7 Å². The average Bonchev–Trinajstić information content (AvgIpc) is 2.36. The van der Waals surface area contributed by atoms with Crippen LogP contribution in [0.5, 0.6) is 0 Å². The van der Waals surface area contributed by atoms with Gasteiger partial charge < -0.3 is 10.6 Å². The number of carbonyl (C=O) groups is 1. The van der Waals surface area contributed by atoms with Gasteiger partial charge in [-0.25, -0.2) is 0 Å². The summed E-state index contributed by atoms with van der Waals surface area (Å²) in [5.74, 6) is 0.220. The molecule has 0 aromatic heterocycles. The van der Waals surface area contributed by atoms with Gasteiger partial charge in [-0.1, -0.05) is 0 Å². The van der Waals surface area contributed by atoms with Gasteiger partial charge in [0.2, 0.25) is 5.91 Å². The minimum Gasteiger partial charge on any atom is -0.354 e. The fourth-order valence-corrected chi connectivity index (χ4v) is 2.05. The molecule has 1 atom stereocenters. The van der Waals surface area contributed by atoms with Crippen molar-refractivity contribution in [3.8, 4) is 0 Å². The molecule has 11 heavy (non-hydrogen) atoms. The smallest absolute Gasteiger partial charge is 0.240 e. The molecule has 0 radical (unpaired) electrons. The van der Waals surface area contributed by atoms with E-state index >= 15 is 0 Å². The van der Waals surface area contributed by atoms with E-state index in [1.165, 1.54) is 12.8 Å². The fraction of sp³-hybridized carbons (Fsp3) is 0.875. The summed E-state index contributed by atoms with van der Waals surface area (Å²) in [6.07, 6.45) is 4.42. The van der Waals surface area contributed by atoms with Crippen molar-refractivity contribution in [2.45, 2.75) is 31.2 Å². The van der Waals surface area contributed by atoms with Gasteiger partial charge in [0.15, 0.2) is 0 Å². The molecule has 2 fully saturated rings. The van der Waals surface area contributed by atoms with E-state index in [1.807, 2.05) is 0 Å². The summed E-state index contributed by atoms with van der Waals surface area (Å²) in [5.41, 5.74) is -0.168. The molecule has 3 nitrogen and oxygen atoms in total. The third kappa shape index (κ3) is 1.03. The highest BCUT2D eigenvalue weighted by Gasteiger charge is 2.42. The summed E-state index contributed by atoms with van der Waals surface area (Å²) >= 11 is 0. The molecule has 1 amide bonds. The van der Waals surface area contributed by atoms with Crippen LogP contribution in [-0.4, -0.2) is 24.5 Å². The zero-order valence-corrected chi connectivity index (χ0v) is 6.65. The lowest BCUT2D eigenvalue weighted by Crippen LogP contribution is -2.53. The quantitative estimate of drug-likeness (QED) is 0.516. The minimum absolute atomic E-state index is 0.168. The Morgan fingerprint density at radius 3 is 2.64 bits per heavy atom. The van der Waals surface area contributed by atoms with Gasteiger partial charge in [-0.15, -0.1) is 0 Å². The van der Waals surface area contributed by atoms with Gasteiger partial charge in [-0.05, 0) is 32.2 Å². The van der Waals surface area contributed by atoms with Gasteiger partial charge in [-0.2, -0.15) is 0 Å². The monoisotopic (exact) mass is 154 g/mol. The Bertz CT molecular complexity index is 173. The Morgan fingerprint density at radius 1 is 1.18 bits per heavy atom. The van der Waals surface area contributed by atoms with Crippen molar-refractivity contribution >= 4 is 5.91 Å². The molecule has 2 N–H and O–H groups in total. The second kappa shape index (κ2) is 2.48. The van der Waals surface area contributed by atoms with Gasteiger partial charge in [0.25, 0.3) is 0 Å². The van der Waals surface area contributed by atoms with Crippen LogP contribution in [0.25, 0.3) is 0 Å². The number of amides is 1. The van der Waals surface area contributed by atoms with E-state index in [0.717, 1.165) is 25.9 Å². The standard InChI is InChI=1S/C8H14N2O/c11-7-8(4-6-9-7)3-1-2-5-10-8/h10H,1-6H2,(H,9,11). The number of piperidine rings is 1. The van der Waals surface area contributed by atoms with Crippen LogP contribution in [0.3, 0.4) is 0 Å². The van der Waals surface area contributed by atoms with E-state index in [2.05, 4.69) is 10.6 Å². The first-order valence-electron chi connectivity index (χ1n) is 4.37. The SMILES string of the molecule is O=C1NCCC12CCCCN2. The van der Waals surface area contributed by atoms with E-state index in [-0.39, 0.29) is 11.4 Å². The molecular formula is C8H14N2O. The number of hydrogen-bond acceptors (Lipinski definition) is 2. The molecule has 2 aliphatic heterocycles. The number of carbonyl (C=O) groups excluding carboxylic acids is 1. The highest BCUT2D eigenvalue weighted by Crippen LogP contribution is 2.25. The molecule has 0 aromatic carbocycles. The largest absolute Gasteiger partial charge is 0.354 e. The zero-order chi connectivity index (χ0) is 7.73. The van der Waals surface area contributed by atoms with Crippen molar-refractivity contribution in [3.63, 3.8) is 0 Å². The molecule has 1 spiro atoms. The average molecular weight is 154 g/mol. The minimum atomic E-state index is -0.168. The number of nitrogens with one attached hydrogen (secondary N) is 2. The first-order valence-corrected chi connectivity index (χ1v) is 4.37. The molecule has 3 heteroatoms.